The Morgan fingerprint density at radius 1 is 1.19 bits per heavy atom. The van der Waals surface area contributed by atoms with E-state index in [0.29, 0.717) is 11.8 Å². The summed E-state index contributed by atoms with van der Waals surface area (Å²) in [6.07, 6.45) is 2.30. The van der Waals surface area contributed by atoms with E-state index in [1.807, 2.05) is 0 Å². The fraction of sp³-hybridized carbons (Fsp3) is 0.600. The Balaban J connectivity index is 2.77. The van der Waals surface area contributed by atoms with Gasteiger partial charge in [0.05, 0.1) is 0 Å². The van der Waals surface area contributed by atoms with Crippen LogP contribution in [0.1, 0.15) is 37.0 Å². The molecule has 0 aliphatic carbocycles. The van der Waals surface area contributed by atoms with Crippen LogP contribution < -0.4 is 5.73 Å². The fourth-order valence-electron chi connectivity index (χ4n) is 2.24. The molecule has 0 spiro atoms. The lowest BCUT2D eigenvalue weighted by atomic mass is 9.85. The maximum absolute atomic E-state index is 5.68. The lowest BCUT2D eigenvalue weighted by molar-refractivity contribution is 0.362. The van der Waals surface area contributed by atoms with Gasteiger partial charge in [-0.15, -0.1) is 0 Å². The quantitative estimate of drug-likeness (QED) is 0.806. The summed E-state index contributed by atoms with van der Waals surface area (Å²) in [5.74, 6) is 1.43. The molecule has 16 heavy (non-hydrogen) atoms. The molecule has 1 nitrogen and oxygen atoms in total. The van der Waals surface area contributed by atoms with E-state index >= 15 is 0 Å². The Kier molecular flexibility index (Phi) is 5.01. The van der Waals surface area contributed by atoms with E-state index in [9.17, 15) is 0 Å². The van der Waals surface area contributed by atoms with Crippen molar-refractivity contribution in [2.45, 2.75) is 40.5 Å². The van der Waals surface area contributed by atoms with Crippen LogP contribution in [-0.2, 0) is 6.42 Å². The van der Waals surface area contributed by atoms with E-state index in [-0.39, 0.29) is 0 Å². The van der Waals surface area contributed by atoms with Crippen LogP contribution in [0.25, 0.3) is 0 Å². The topological polar surface area (TPSA) is 26.0 Å². The minimum Gasteiger partial charge on any atom is -0.330 e. The molecule has 0 radical (unpaired) electrons. The molecule has 0 aliphatic rings. The van der Waals surface area contributed by atoms with E-state index in [0.717, 1.165) is 13.0 Å². The molecule has 1 aromatic carbocycles. The Morgan fingerprint density at radius 2 is 1.88 bits per heavy atom. The Hall–Kier alpha value is -0.820. The van der Waals surface area contributed by atoms with E-state index in [4.69, 9.17) is 5.73 Å². The molecule has 0 fully saturated rings. The summed E-state index contributed by atoms with van der Waals surface area (Å²) in [6, 6.07) is 6.76. The standard InChI is InChI=1S/C15H25N/c1-11(2)14(7-8-16)10-15-6-5-12(3)9-13(15)4/h5-6,9,11,14H,7-8,10,16H2,1-4H3. The molecule has 0 saturated heterocycles. The number of aryl methyl sites for hydroxylation is 2. The van der Waals surface area contributed by atoms with Crippen molar-refractivity contribution in [2.75, 3.05) is 6.54 Å². The van der Waals surface area contributed by atoms with Crippen molar-refractivity contribution in [1.82, 2.24) is 0 Å². The SMILES string of the molecule is Cc1ccc(CC(CCN)C(C)C)c(C)c1. The predicted octanol–water partition coefficient (Wildman–Crippen LogP) is 3.47. The summed E-state index contributed by atoms with van der Waals surface area (Å²) in [7, 11) is 0. The number of hydrogen-bond acceptors (Lipinski definition) is 1. The zero-order chi connectivity index (χ0) is 12.1. The molecule has 2 N–H and O–H groups in total. The minimum absolute atomic E-state index is 0.712. The monoisotopic (exact) mass is 219 g/mol. The van der Waals surface area contributed by atoms with E-state index < -0.39 is 0 Å². The molecule has 1 heteroatoms. The van der Waals surface area contributed by atoms with Gasteiger partial charge in [0.1, 0.15) is 0 Å². The molecule has 0 bridgehead atoms. The van der Waals surface area contributed by atoms with E-state index in [1.54, 1.807) is 0 Å². The number of rotatable bonds is 5. The minimum atomic E-state index is 0.712. The van der Waals surface area contributed by atoms with Gasteiger partial charge >= 0.3 is 0 Å². The first-order valence-corrected chi connectivity index (χ1v) is 6.30. The highest BCUT2D eigenvalue weighted by Crippen LogP contribution is 2.22. The lowest BCUT2D eigenvalue weighted by Gasteiger charge is -2.21. The van der Waals surface area contributed by atoms with Crippen molar-refractivity contribution in [3.8, 4) is 0 Å². The highest BCUT2D eigenvalue weighted by atomic mass is 14.5. The van der Waals surface area contributed by atoms with Gasteiger partial charge < -0.3 is 5.73 Å². The van der Waals surface area contributed by atoms with Crippen LogP contribution >= 0.6 is 0 Å². The van der Waals surface area contributed by atoms with Crippen molar-refractivity contribution in [3.63, 3.8) is 0 Å². The summed E-state index contributed by atoms with van der Waals surface area (Å²) in [5.41, 5.74) is 9.93. The van der Waals surface area contributed by atoms with Crippen LogP contribution in [0.2, 0.25) is 0 Å². The van der Waals surface area contributed by atoms with Crippen LogP contribution in [0.15, 0.2) is 18.2 Å². The van der Waals surface area contributed by atoms with Crippen molar-refractivity contribution in [1.29, 1.82) is 0 Å². The van der Waals surface area contributed by atoms with E-state index in [1.165, 1.54) is 23.1 Å². The molecule has 0 amide bonds. The fourth-order valence-corrected chi connectivity index (χ4v) is 2.24. The average molecular weight is 219 g/mol. The second-order valence-electron chi connectivity index (χ2n) is 5.22. The third-order valence-electron chi connectivity index (χ3n) is 3.46. The maximum Gasteiger partial charge on any atom is -0.00744 e. The van der Waals surface area contributed by atoms with Crippen LogP contribution in [0, 0.1) is 25.7 Å². The molecule has 0 aromatic heterocycles. The van der Waals surface area contributed by atoms with Crippen LogP contribution in [0.4, 0.5) is 0 Å². The molecule has 1 rings (SSSR count). The van der Waals surface area contributed by atoms with Gasteiger partial charge in [-0.2, -0.15) is 0 Å². The Morgan fingerprint density at radius 3 is 2.38 bits per heavy atom. The second kappa shape index (κ2) is 6.05. The van der Waals surface area contributed by atoms with Gasteiger partial charge in [-0.3, -0.25) is 0 Å². The first-order valence-electron chi connectivity index (χ1n) is 6.30. The number of nitrogens with two attached hydrogens (primary N) is 1. The van der Waals surface area contributed by atoms with Crippen LogP contribution in [0.5, 0.6) is 0 Å². The van der Waals surface area contributed by atoms with Crippen LogP contribution in [-0.4, -0.2) is 6.54 Å². The summed E-state index contributed by atoms with van der Waals surface area (Å²) in [5, 5.41) is 0. The van der Waals surface area contributed by atoms with Crippen molar-refractivity contribution < 1.29 is 0 Å². The molecule has 0 aliphatic heterocycles. The highest BCUT2D eigenvalue weighted by molar-refractivity contribution is 5.30. The summed E-state index contributed by atoms with van der Waals surface area (Å²) in [6.45, 7) is 9.75. The first kappa shape index (κ1) is 13.2. The zero-order valence-corrected chi connectivity index (χ0v) is 11.1. The van der Waals surface area contributed by atoms with Crippen molar-refractivity contribution >= 4 is 0 Å². The average Bonchev–Trinajstić information content (AvgIpc) is 2.20. The molecule has 0 saturated carbocycles. The maximum atomic E-state index is 5.68. The van der Waals surface area contributed by atoms with Gasteiger partial charge in [0.25, 0.3) is 0 Å². The van der Waals surface area contributed by atoms with Gasteiger partial charge in [-0.05, 0) is 56.2 Å². The largest absolute Gasteiger partial charge is 0.330 e. The predicted molar refractivity (Wildman–Crippen MR) is 71.6 cm³/mol. The molecular weight excluding hydrogens is 194 g/mol. The smallest absolute Gasteiger partial charge is 0.00744 e. The molecule has 1 unspecified atom stereocenters. The highest BCUT2D eigenvalue weighted by Gasteiger charge is 2.14. The third-order valence-corrected chi connectivity index (χ3v) is 3.46. The molecule has 1 atom stereocenters. The van der Waals surface area contributed by atoms with Gasteiger partial charge in [0, 0.05) is 0 Å². The molecular formula is C15H25N. The van der Waals surface area contributed by atoms with Gasteiger partial charge in [0.2, 0.25) is 0 Å². The van der Waals surface area contributed by atoms with Gasteiger partial charge in [0.15, 0.2) is 0 Å². The van der Waals surface area contributed by atoms with Crippen molar-refractivity contribution in [2.24, 2.45) is 17.6 Å². The summed E-state index contributed by atoms with van der Waals surface area (Å²) < 4.78 is 0. The lowest BCUT2D eigenvalue weighted by Crippen LogP contribution is -2.17. The summed E-state index contributed by atoms with van der Waals surface area (Å²) >= 11 is 0. The van der Waals surface area contributed by atoms with Gasteiger partial charge in [-0.1, -0.05) is 37.6 Å². The number of benzene rings is 1. The first-order chi connectivity index (χ1) is 7.54. The Bertz CT molecular complexity index is 328. The molecule has 90 valence electrons. The molecule has 1 aromatic rings. The molecule has 0 heterocycles. The Labute approximate surface area is 100 Å². The number of hydrogen-bond donors (Lipinski definition) is 1. The normalized spacial score (nSPS) is 13.1. The van der Waals surface area contributed by atoms with Gasteiger partial charge in [-0.25, -0.2) is 0 Å². The zero-order valence-electron chi connectivity index (χ0n) is 11.1. The second-order valence-corrected chi connectivity index (χ2v) is 5.22. The third kappa shape index (κ3) is 3.64. The van der Waals surface area contributed by atoms with E-state index in [2.05, 4.69) is 45.9 Å². The van der Waals surface area contributed by atoms with Crippen LogP contribution in [0.3, 0.4) is 0 Å². The van der Waals surface area contributed by atoms with Crippen molar-refractivity contribution in [3.05, 3.63) is 34.9 Å². The summed E-state index contributed by atoms with van der Waals surface area (Å²) in [4.78, 5) is 0.